The molecule has 2 atom stereocenters. The van der Waals surface area contributed by atoms with Crippen LogP contribution in [0.4, 0.5) is 5.69 Å². The van der Waals surface area contributed by atoms with Crippen molar-refractivity contribution in [2.75, 3.05) is 18.9 Å². The summed E-state index contributed by atoms with van der Waals surface area (Å²) in [5, 5.41) is 7.69. The van der Waals surface area contributed by atoms with E-state index in [1.54, 1.807) is 6.20 Å². The fraction of sp³-hybridized carbons (Fsp3) is 0.714. The monoisotopic (exact) mass is 342 g/mol. The minimum absolute atomic E-state index is 0.0576. The van der Waals surface area contributed by atoms with Crippen LogP contribution >= 0.6 is 15.9 Å². The Morgan fingerprint density at radius 3 is 2.95 bits per heavy atom. The number of aryl methyl sites for hydroxylation is 1. The molecule has 20 heavy (non-hydrogen) atoms. The summed E-state index contributed by atoms with van der Waals surface area (Å²) in [7, 11) is 2.16. The van der Waals surface area contributed by atoms with Crippen molar-refractivity contribution in [1.82, 2.24) is 14.7 Å². The molecule has 0 aliphatic carbocycles. The zero-order valence-electron chi connectivity index (χ0n) is 12.4. The lowest BCUT2D eigenvalue weighted by Gasteiger charge is -2.35. The molecule has 2 rings (SSSR count). The summed E-state index contributed by atoms with van der Waals surface area (Å²) in [6.45, 7) is 6.01. The Kier molecular flexibility index (Phi) is 5.21. The molecule has 0 aromatic carbocycles. The first kappa shape index (κ1) is 15.5. The van der Waals surface area contributed by atoms with Crippen molar-refractivity contribution in [2.24, 2.45) is 0 Å². The normalized spacial score (nSPS) is 23.8. The maximum Gasteiger partial charge on any atom is 0.283 e. The maximum absolute atomic E-state index is 12.1. The van der Waals surface area contributed by atoms with Crippen LogP contribution in [-0.2, 0) is 6.54 Å². The molecule has 1 aromatic heterocycles. The van der Waals surface area contributed by atoms with Crippen molar-refractivity contribution in [3.63, 3.8) is 0 Å². The number of hydrogen-bond acceptors (Lipinski definition) is 4. The first-order valence-electron chi connectivity index (χ1n) is 7.25. The minimum Gasteiger partial charge on any atom is -0.380 e. The van der Waals surface area contributed by atoms with Gasteiger partial charge in [-0.2, -0.15) is 5.10 Å². The highest BCUT2D eigenvalue weighted by Gasteiger charge is 2.23. The van der Waals surface area contributed by atoms with Gasteiger partial charge in [-0.15, -0.1) is 0 Å². The summed E-state index contributed by atoms with van der Waals surface area (Å²) in [5.74, 6) is 0. The lowest BCUT2D eigenvalue weighted by Crippen LogP contribution is -2.43. The van der Waals surface area contributed by atoms with E-state index in [-0.39, 0.29) is 5.56 Å². The van der Waals surface area contributed by atoms with Crippen LogP contribution in [0.3, 0.4) is 0 Å². The zero-order chi connectivity index (χ0) is 14.7. The molecule has 0 spiro atoms. The second kappa shape index (κ2) is 6.72. The average molecular weight is 343 g/mol. The largest absolute Gasteiger partial charge is 0.380 e. The van der Waals surface area contributed by atoms with E-state index in [0.29, 0.717) is 23.1 Å². The van der Waals surface area contributed by atoms with Crippen LogP contribution in [0.2, 0.25) is 0 Å². The molecule has 0 saturated carbocycles. The van der Waals surface area contributed by atoms with E-state index >= 15 is 0 Å². The standard InChI is InChI=1S/C14H23BrN4O/c1-4-6-19-14(20)13(15)12(9-16-19)17-11-5-7-18(3)10(2)8-11/h9-11,17H,4-8H2,1-3H3. The molecule has 1 aromatic rings. The Morgan fingerprint density at radius 2 is 2.30 bits per heavy atom. The molecule has 1 saturated heterocycles. The molecule has 1 aliphatic rings. The Hall–Kier alpha value is -0.880. The van der Waals surface area contributed by atoms with Crippen molar-refractivity contribution in [3.8, 4) is 0 Å². The van der Waals surface area contributed by atoms with Gasteiger partial charge in [0.2, 0.25) is 0 Å². The fourth-order valence-electron chi connectivity index (χ4n) is 2.58. The maximum atomic E-state index is 12.1. The fourth-order valence-corrected chi connectivity index (χ4v) is 3.00. The molecule has 5 nitrogen and oxygen atoms in total. The van der Waals surface area contributed by atoms with Gasteiger partial charge < -0.3 is 10.2 Å². The van der Waals surface area contributed by atoms with Gasteiger partial charge in [0.05, 0.1) is 11.9 Å². The first-order chi connectivity index (χ1) is 9.52. The van der Waals surface area contributed by atoms with Gasteiger partial charge in [0.25, 0.3) is 5.56 Å². The molecule has 1 fully saturated rings. The Morgan fingerprint density at radius 1 is 1.55 bits per heavy atom. The van der Waals surface area contributed by atoms with Crippen molar-refractivity contribution >= 4 is 21.6 Å². The molecule has 2 unspecified atom stereocenters. The van der Waals surface area contributed by atoms with Crippen molar-refractivity contribution in [1.29, 1.82) is 0 Å². The van der Waals surface area contributed by atoms with Gasteiger partial charge in [-0.3, -0.25) is 4.79 Å². The van der Waals surface area contributed by atoms with E-state index in [4.69, 9.17) is 0 Å². The molecule has 2 heterocycles. The second-order valence-corrected chi connectivity index (χ2v) is 6.39. The highest BCUT2D eigenvalue weighted by atomic mass is 79.9. The van der Waals surface area contributed by atoms with Crippen molar-refractivity contribution in [3.05, 3.63) is 21.0 Å². The molecular weight excluding hydrogens is 320 g/mol. The molecule has 1 aliphatic heterocycles. The van der Waals surface area contributed by atoms with Gasteiger partial charge in [-0.25, -0.2) is 4.68 Å². The SMILES string of the molecule is CCCn1ncc(NC2CCN(C)C(C)C2)c(Br)c1=O. The summed E-state index contributed by atoms with van der Waals surface area (Å²) in [6.07, 6.45) is 4.83. The summed E-state index contributed by atoms with van der Waals surface area (Å²) < 4.78 is 2.10. The van der Waals surface area contributed by atoms with Crippen LogP contribution in [0.25, 0.3) is 0 Å². The quantitative estimate of drug-likeness (QED) is 0.912. The average Bonchev–Trinajstić information content (AvgIpc) is 2.42. The third-order valence-electron chi connectivity index (χ3n) is 3.99. The molecule has 1 N–H and O–H groups in total. The number of piperidine rings is 1. The van der Waals surface area contributed by atoms with Crippen LogP contribution in [0, 0.1) is 0 Å². The van der Waals surface area contributed by atoms with E-state index in [2.05, 4.69) is 45.2 Å². The predicted molar refractivity (Wildman–Crippen MR) is 85.2 cm³/mol. The second-order valence-electron chi connectivity index (χ2n) is 5.60. The first-order valence-corrected chi connectivity index (χ1v) is 8.04. The van der Waals surface area contributed by atoms with Crippen LogP contribution < -0.4 is 10.9 Å². The Balaban J connectivity index is 2.10. The predicted octanol–water partition coefficient (Wildman–Crippen LogP) is 2.31. The number of nitrogens with one attached hydrogen (secondary N) is 1. The third-order valence-corrected chi connectivity index (χ3v) is 4.75. The van der Waals surface area contributed by atoms with E-state index in [1.807, 2.05) is 6.92 Å². The van der Waals surface area contributed by atoms with E-state index < -0.39 is 0 Å². The van der Waals surface area contributed by atoms with E-state index in [9.17, 15) is 4.79 Å². The van der Waals surface area contributed by atoms with Gasteiger partial charge in [0.1, 0.15) is 4.47 Å². The van der Waals surface area contributed by atoms with Gasteiger partial charge in [0, 0.05) is 25.2 Å². The lowest BCUT2D eigenvalue weighted by molar-refractivity contribution is 0.190. The van der Waals surface area contributed by atoms with Crippen molar-refractivity contribution in [2.45, 2.75) is 51.7 Å². The lowest BCUT2D eigenvalue weighted by atomic mass is 9.99. The van der Waals surface area contributed by atoms with Gasteiger partial charge in [-0.05, 0) is 49.2 Å². The summed E-state index contributed by atoms with van der Waals surface area (Å²) >= 11 is 3.41. The highest BCUT2D eigenvalue weighted by molar-refractivity contribution is 9.10. The number of halogens is 1. The molecular formula is C14H23BrN4O. The van der Waals surface area contributed by atoms with E-state index in [1.165, 1.54) is 4.68 Å². The number of anilines is 1. The summed E-state index contributed by atoms with van der Waals surface area (Å²) in [6, 6.07) is 0.967. The summed E-state index contributed by atoms with van der Waals surface area (Å²) in [5.41, 5.74) is 0.752. The van der Waals surface area contributed by atoms with Crippen LogP contribution in [0.1, 0.15) is 33.1 Å². The third kappa shape index (κ3) is 3.41. The Bertz CT molecular complexity index is 516. The summed E-state index contributed by atoms with van der Waals surface area (Å²) in [4.78, 5) is 14.5. The number of rotatable bonds is 4. The van der Waals surface area contributed by atoms with Gasteiger partial charge in [0.15, 0.2) is 0 Å². The van der Waals surface area contributed by atoms with Crippen LogP contribution in [-0.4, -0.2) is 40.4 Å². The van der Waals surface area contributed by atoms with E-state index in [0.717, 1.165) is 31.5 Å². The van der Waals surface area contributed by atoms with Crippen LogP contribution in [0.15, 0.2) is 15.5 Å². The number of nitrogens with zero attached hydrogens (tertiary/aromatic N) is 3. The minimum atomic E-state index is -0.0576. The molecule has 6 heteroatoms. The topological polar surface area (TPSA) is 50.2 Å². The molecule has 0 amide bonds. The van der Waals surface area contributed by atoms with Crippen molar-refractivity contribution < 1.29 is 0 Å². The number of aromatic nitrogens is 2. The molecule has 0 bridgehead atoms. The molecule has 0 radical (unpaired) electrons. The number of hydrogen-bond donors (Lipinski definition) is 1. The molecule has 112 valence electrons. The highest BCUT2D eigenvalue weighted by Crippen LogP contribution is 2.23. The van der Waals surface area contributed by atoms with Gasteiger partial charge >= 0.3 is 0 Å². The zero-order valence-corrected chi connectivity index (χ0v) is 14.0. The number of likely N-dealkylation sites (tertiary alicyclic amines) is 1. The van der Waals surface area contributed by atoms with Crippen LogP contribution in [0.5, 0.6) is 0 Å². The smallest absolute Gasteiger partial charge is 0.283 e. The Labute approximate surface area is 128 Å². The van der Waals surface area contributed by atoms with Gasteiger partial charge in [-0.1, -0.05) is 6.92 Å².